The van der Waals surface area contributed by atoms with Gasteiger partial charge in [-0.25, -0.2) is 9.97 Å². The molecule has 0 spiro atoms. The quantitative estimate of drug-likeness (QED) is 0.573. The fourth-order valence-corrected chi connectivity index (χ4v) is 4.39. The Labute approximate surface area is 189 Å². The van der Waals surface area contributed by atoms with Crippen molar-refractivity contribution in [3.63, 3.8) is 0 Å². The number of aryl methyl sites for hydroxylation is 1. The van der Waals surface area contributed by atoms with Gasteiger partial charge in [0.05, 0.1) is 10.9 Å². The van der Waals surface area contributed by atoms with Crippen LogP contribution in [0.25, 0.3) is 11.1 Å². The van der Waals surface area contributed by atoms with Crippen molar-refractivity contribution < 1.29 is 9.21 Å². The SMILES string of the molecule is Cc1oc2ncnc(N3CCCCC3)c2c1C(=O)NCCN(Cc1ccccc1)C(C)C. The van der Waals surface area contributed by atoms with Crippen LogP contribution in [0.15, 0.2) is 41.1 Å². The fourth-order valence-electron chi connectivity index (χ4n) is 4.39. The van der Waals surface area contributed by atoms with Gasteiger partial charge in [-0.1, -0.05) is 30.3 Å². The number of nitrogens with one attached hydrogen (secondary N) is 1. The second-order valence-corrected chi connectivity index (χ2v) is 8.76. The van der Waals surface area contributed by atoms with E-state index in [1.807, 2.05) is 13.0 Å². The highest BCUT2D eigenvalue weighted by molar-refractivity contribution is 6.10. The number of piperidine rings is 1. The number of fused-ring (bicyclic) bond motifs is 1. The smallest absolute Gasteiger partial charge is 0.255 e. The van der Waals surface area contributed by atoms with E-state index in [2.05, 4.69) is 63.2 Å². The van der Waals surface area contributed by atoms with Gasteiger partial charge >= 0.3 is 0 Å². The van der Waals surface area contributed by atoms with E-state index >= 15 is 0 Å². The monoisotopic (exact) mass is 435 g/mol. The van der Waals surface area contributed by atoms with Crippen LogP contribution in [0.4, 0.5) is 5.82 Å². The lowest BCUT2D eigenvalue weighted by Gasteiger charge is -2.28. The second kappa shape index (κ2) is 10.1. The van der Waals surface area contributed by atoms with Gasteiger partial charge in [-0.15, -0.1) is 0 Å². The predicted molar refractivity (Wildman–Crippen MR) is 127 cm³/mol. The molecule has 0 bridgehead atoms. The summed E-state index contributed by atoms with van der Waals surface area (Å²) >= 11 is 0. The van der Waals surface area contributed by atoms with E-state index in [0.717, 1.165) is 50.2 Å². The highest BCUT2D eigenvalue weighted by Crippen LogP contribution is 2.32. The van der Waals surface area contributed by atoms with Gasteiger partial charge in [0.25, 0.3) is 5.91 Å². The van der Waals surface area contributed by atoms with Crippen molar-refractivity contribution >= 4 is 22.8 Å². The van der Waals surface area contributed by atoms with Crippen LogP contribution in [0.2, 0.25) is 0 Å². The molecule has 7 nitrogen and oxygen atoms in total. The molecule has 4 rings (SSSR count). The number of aromatic nitrogens is 2. The van der Waals surface area contributed by atoms with Crippen molar-refractivity contribution in [3.8, 4) is 0 Å². The first-order chi connectivity index (χ1) is 15.5. The summed E-state index contributed by atoms with van der Waals surface area (Å²) in [6.07, 6.45) is 5.03. The molecule has 1 aliphatic rings. The zero-order valence-electron chi connectivity index (χ0n) is 19.3. The highest BCUT2D eigenvalue weighted by atomic mass is 16.3. The van der Waals surface area contributed by atoms with E-state index in [1.165, 1.54) is 18.3 Å². The van der Waals surface area contributed by atoms with Gasteiger partial charge in [0, 0.05) is 38.8 Å². The van der Waals surface area contributed by atoms with Crippen molar-refractivity contribution in [2.75, 3.05) is 31.1 Å². The standard InChI is InChI=1S/C25H33N5O2/c1-18(2)30(16-20-10-6-4-7-11-20)15-12-26-24(31)21-19(3)32-25-22(21)23(27-17-28-25)29-13-8-5-9-14-29/h4,6-7,10-11,17-18H,5,8-9,12-16H2,1-3H3,(H,26,31). The van der Waals surface area contributed by atoms with Gasteiger partial charge in [0.1, 0.15) is 17.9 Å². The van der Waals surface area contributed by atoms with Crippen molar-refractivity contribution in [2.24, 2.45) is 0 Å². The molecule has 1 fully saturated rings. The van der Waals surface area contributed by atoms with E-state index in [-0.39, 0.29) is 5.91 Å². The Morgan fingerprint density at radius 1 is 1.16 bits per heavy atom. The van der Waals surface area contributed by atoms with E-state index < -0.39 is 0 Å². The number of rotatable bonds is 8. The molecule has 2 aromatic heterocycles. The molecular weight excluding hydrogens is 402 g/mol. The molecule has 0 unspecified atom stereocenters. The van der Waals surface area contributed by atoms with Gasteiger partial charge in [-0.05, 0) is 45.6 Å². The number of hydrogen-bond acceptors (Lipinski definition) is 6. The fraction of sp³-hybridized carbons (Fsp3) is 0.480. The molecule has 0 saturated carbocycles. The lowest BCUT2D eigenvalue weighted by atomic mass is 10.1. The summed E-state index contributed by atoms with van der Waals surface area (Å²) in [5.74, 6) is 1.27. The average Bonchev–Trinajstić information content (AvgIpc) is 3.15. The van der Waals surface area contributed by atoms with Gasteiger partial charge in [0.15, 0.2) is 0 Å². The number of nitrogens with zero attached hydrogens (tertiary/aromatic N) is 4. The molecule has 0 radical (unpaired) electrons. The summed E-state index contributed by atoms with van der Waals surface area (Å²) in [6, 6.07) is 10.8. The molecule has 7 heteroatoms. The maximum atomic E-state index is 13.2. The molecule has 1 amide bonds. The van der Waals surface area contributed by atoms with E-state index in [4.69, 9.17) is 4.42 Å². The average molecular weight is 436 g/mol. The molecule has 1 N–H and O–H groups in total. The first kappa shape index (κ1) is 22.3. The minimum absolute atomic E-state index is 0.127. The van der Waals surface area contributed by atoms with Crippen molar-refractivity contribution in [1.29, 1.82) is 0 Å². The van der Waals surface area contributed by atoms with Crippen LogP contribution in [0.3, 0.4) is 0 Å². The lowest BCUT2D eigenvalue weighted by Crippen LogP contribution is -2.38. The molecular formula is C25H33N5O2. The highest BCUT2D eigenvalue weighted by Gasteiger charge is 2.25. The topological polar surface area (TPSA) is 74.5 Å². The lowest BCUT2D eigenvalue weighted by molar-refractivity contribution is 0.0944. The third kappa shape index (κ3) is 4.93. The van der Waals surface area contributed by atoms with Crippen molar-refractivity contribution in [3.05, 3.63) is 53.5 Å². The van der Waals surface area contributed by atoms with Crippen LogP contribution in [0, 0.1) is 6.92 Å². The van der Waals surface area contributed by atoms with Crippen LogP contribution in [-0.4, -0.2) is 53.0 Å². The van der Waals surface area contributed by atoms with Crippen LogP contribution < -0.4 is 10.2 Å². The third-order valence-corrected chi connectivity index (χ3v) is 6.17. The van der Waals surface area contributed by atoms with Crippen LogP contribution >= 0.6 is 0 Å². The molecule has 1 aliphatic heterocycles. The normalized spacial score (nSPS) is 14.5. The Bertz CT molecular complexity index is 1040. The minimum Gasteiger partial charge on any atom is -0.442 e. The molecule has 3 aromatic rings. The van der Waals surface area contributed by atoms with E-state index in [0.29, 0.717) is 29.6 Å². The maximum Gasteiger partial charge on any atom is 0.255 e. The van der Waals surface area contributed by atoms with Gasteiger partial charge in [-0.2, -0.15) is 0 Å². The summed E-state index contributed by atoms with van der Waals surface area (Å²) in [5, 5.41) is 3.84. The third-order valence-electron chi connectivity index (χ3n) is 6.17. The first-order valence-corrected chi connectivity index (χ1v) is 11.6. The Morgan fingerprint density at radius 2 is 1.91 bits per heavy atom. The molecule has 1 saturated heterocycles. The predicted octanol–water partition coefficient (Wildman–Crippen LogP) is 4.16. The summed E-state index contributed by atoms with van der Waals surface area (Å²) < 4.78 is 5.85. The van der Waals surface area contributed by atoms with Crippen LogP contribution in [0.1, 0.15) is 54.8 Å². The number of amides is 1. The largest absolute Gasteiger partial charge is 0.442 e. The van der Waals surface area contributed by atoms with E-state index in [9.17, 15) is 4.79 Å². The molecule has 32 heavy (non-hydrogen) atoms. The summed E-state index contributed by atoms with van der Waals surface area (Å²) in [7, 11) is 0. The number of anilines is 1. The second-order valence-electron chi connectivity index (χ2n) is 8.76. The summed E-state index contributed by atoms with van der Waals surface area (Å²) in [5.41, 5.74) is 2.31. The molecule has 1 aromatic carbocycles. The number of hydrogen-bond donors (Lipinski definition) is 1. The Morgan fingerprint density at radius 3 is 2.62 bits per heavy atom. The van der Waals surface area contributed by atoms with Crippen molar-refractivity contribution in [2.45, 2.75) is 52.6 Å². The zero-order chi connectivity index (χ0) is 22.5. The number of benzene rings is 1. The van der Waals surface area contributed by atoms with Crippen molar-refractivity contribution in [1.82, 2.24) is 20.2 Å². The Hall–Kier alpha value is -2.93. The van der Waals surface area contributed by atoms with Gasteiger partial charge in [-0.3, -0.25) is 9.69 Å². The molecule has 170 valence electrons. The van der Waals surface area contributed by atoms with Gasteiger partial charge in [0.2, 0.25) is 5.71 Å². The molecule has 0 atom stereocenters. The number of furan rings is 1. The number of carbonyl (C=O) groups excluding carboxylic acids is 1. The minimum atomic E-state index is -0.127. The maximum absolute atomic E-state index is 13.2. The van der Waals surface area contributed by atoms with Gasteiger partial charge < -0.3 is 14.6 Å². The first-order valence-electron chi connectivity index (χ1n) is 11.6. The summed E-state index contributed by atoms with van der Waals surface area (Å²) in [6.45, 7) is 10.3. The Balaban J connectivity index is 1.48. The molecule has 0 aliphatic carbocycles. The Kier molecular flexibility index (Phi) is 7.05. The summed E-state index contributed by atoms with van der Waals surface area (Å²) in [4.78, 5) is 26.6. The van der Waals surface area contributed by atoms with E-state index in [1.54, 1.807) is 0 Å². The number of carbonyl (C=O) groups is 1. The van der Waals surface area contributed by atoms with Crippen LogP contribution in [-0.2, 0) is 6.54 Å². The zero-order valence-corrected chi connectivity index (χ0v) is 19.3. The van der Waals surface area contributed by atoms with Crippen LogP contribution in [0.5, 0.6) is 0 Å². The molecule has 3 heterocycles.